The number of aliphatic hydroxyl groups is 5. The van der Waals surface area contributed by atoms with Crippen molar-refractivity contribution in [3.63, 3.8) is 0 Å². The van der Waals surface area contributed by atoms with Crippen LogP contribution in [-0.4, -0.2) is 100 Å². The number of aliphatic hydroxyl groups excluding tert-OH is 5. The lowest BCUT2D eigenvalue weighted by molar-refractivity contribution is -0.302. The second-order valence-corrected chi connectivity index (χ2v) is 22.5. The second-order valence-electron chi connectivity index (χ2n) is 22.5. The molecule has 1 aliphatic heterocycles. The Morgan fingerprint density at radius 1 is 0.487 bits per heavy atom. The molecule has 1 rings (SSSR count). The van der Waals surface area contributed by atoms with Crippen molar-refractivity contribution in [2.45, 2.75) is 333 Å². The van der Waals surface area contributed by atoms with Crippen molar-refractivity contribution in [3.8, 4) is 0 Å². The summed E-state index contributed by atoms with van der Waals surface area (Å²) >= 11 is 0. The number of carbonyl (C=O) groups is 2. The molecule has 6 N–H and O–H groups in total. The topological polar surface area (TPSA) is 175 Å². The Morgan fingerprint density at radius 2 is 0.885 bits per heavy atom. The van der Waals surface area contributed by atoms with Crippen LogP contribution in [0.25, 0.3) is 0 Å². The molecule has 11 heteroatoms. The molecule has 1 fully saturated rings. The molecule has 0 radical (unpaired) electrons. The molecule has 0 bridgehead atoms. The minimum atomic E-state index is -1.58. The van der Waals surface area contributed by atoms with Gasteiger partial charge in [-0.05, 0) is 103 Å². The van der Waals surface area contributed by atoms with E-state index in [-0.39, 0.29) is 18.5 Å². The van der Waals surface area contributed by atoms with Crippen LogP contribution in [0.15, 0.2) is 60.8 Å². The molecular formula is C67H121NO10. The van der Waals surface area contributed by atoms with E-state index in [0.717, 1.165) is 77.0 Å². The van der Waals surface area contributed by atoms with Crippen LogP contribution in [-0.2, 0) is 23.8 Å². The quantitative estimate of drug-likeness (QED) is 0.0195. The van der Waals surface area contributed by atoms with Crippen molar-refractivity contribution >= 4 is 11.9 Å². The van der Waals surface area contributed by atoms with E-state index in [1.807, 2.05) is 19.1 Å². The van der Waals surface area contributed by atoms with Gasteiger partial charge in [0.05, 0.1) is 32.0 Å². The number of nitrogens with one attached hydrogen (secondary N) is 1. The maximum atomic E-state index is 13.0. The first-order valence-corrected chi connectivity index (χ1v) is 32.5. The third kappa shape index (κ3) is 45.0. The number of rotatable bonds is 56. The maximum absolute atomic E-state index is 13.0. The second kappa shape index (κ2) is 56.2. The van der Waals surface area contributed by atoms with E-state index in [9.17, 15) is 35.1 Å². The SMILES string of the molecule is C/C=C/CC/C=C/CC/C=C/C(O)C(COC1OC(CO)C(O)C(O)C1O)NC(=O)CCCCCCCCC/C=C\CCCCCCCCCCCCCOC(=O)CCCCCCCCCCC/C=C\CCCCCCCC. The van der Waals surface area contributed by atoms with Gasteiger partial charge in [-0.15, -0.1) is 0 Å². The smallest absolute Gasteiger partial charge is 0.305 e. The van der Waals surface area contributed by atoms with Gasteiger partial charge >= 0.3 is 5.97 Å². The van der Waals surface area contributed by atoms with E-state index in [1.165, 1.54) is 180 Å². The molecule has 0 aliphatic carbocycles. The average molecular weight is 1100 g/mol. The number of hydrogen-bond acceptors (Lipinski definition) is 10. The molecule has 0 aromatic rings. The number of unbranched alkanes of at least 4 members (excludes halogenated alkanes) is 35. The van der Waals surface area contributed by atoms with Crippen LogP contribution in [0.1, 0.15) is 290 Å². The van der Waals surface area contributed by atoms with Crippen LogP contribution >= 0.6 is 0 Å². The van der Waals surface area contributed by atoms with Crippen LogP contribution in [0, 0.1) is 0 Å². The highest BCUT2D eigenvalue weighted by atomic mass is 16.7. The van der Waals surface area contributed by atoms with Gasteiger partial charge in [0.25, 0.3) is 0 Å². The van der Waals surface area contributed by atoms with Crippen molar-refractivity contribution < 1.29 is 49.3 Å². The first-order valence-electron chi connectivity index (χ1n) is 32.5. The summed E-state index contributed by atoms with van der Waals surface area (Å²) in [5.41, 5.74) is 0. The van der Waals surface area contributed by atoms with Crippen molar-refractivity contribution in [2.75, 3.05) is 19.8 Å². The van der Waals surface area contributed by atoms with Crippen LogP contribution in [0.3, 0.4) is 0 Å². The molecule has 7 atom stereocenters. The summed E-state index contributed by atoms with van der Waals surface area (Å²) in [6, 6.07) is -0.839. The van der Waals surface area contributed by atoms with E-state index in [2.05, 4.69) is 54.8 Å². The fourth-order valence-corrected chi connectivity index (χ4v) is 9.99. The van der Waals surface area contributed by atoms with Crippen LogP contribution in [0.2, 0.25) is 0 Å². The predicted octanol–water partition coefficient (Wildman–Crippen LogP) is 15.8. The molecule has 1 heterocycles. The van der Waals surface area contributed by atoms with Crippen LogP contribution < -0.4 is 5.32 Å². The summed E-state index contributed by atoms with van der Waals surface area (Å²) in [4.78, 5) is 25.1. The number of carbonyl (C=O) groups excluding carboxylic acids is 2. The highest BCUT2D eigenvalue weighted by molar-refractivity contribution is 5.76. The van der Waals surface area contributed by atoms with Gasteiger partial charge in [-0.25, -0.2) is 0 Å². The molecule has 1 aliphatic rings. The fraction of sp³-hybridized carbons (Fsp3) is 0.821. The number of hydrogen-bond donors (Lipinski definition) is 6. The van der Waals surface area contributed by atoms with E-state index >= 15 is 0 Å². The molecule has 78 heavy (non-hydrogen) atoms. The molecule has 454 valence electrons. The van der Waals surface area contributed by atoms with Crippen molar-refractivity contribution in [3.05, 3.63) is 60.8 Å². The van der Waals surface area contributed by atoms with E-state index in [0.29, 0.717) is 25.9 Å². The highest BCUT2D eigenvalue weighted by Crippen LogP contribution is 2.23. The predicted molar refractivity (Wildman–Crippen MR) is 324 cm³/mol. The summed E-state index contributed by atoms with van der Waals surface area (Å²) in [5.74, 6) is -0.211. The van der Waals surface area contributed by atoms with Crippen molar-refractivity contribution in [2.24, 2.45) is 0 Å². The average Bonchev–Trinajstić information content (AvgIpc) is 3.44. The largest absolute Gasteiger partial charge is 0.466 e. The van der Waals surface area contributed by atoms with E-state index in [4.69, 9.17) is 14.2 Å². The van der Waals surface area contributed by atoms with E-state index < -0.39 is 49.5 Å². The summed E-state index contributed by atoms with van der Waals surface area (Å²) in [5, 5.41) is 54.2. The monoisotopic (exact) mass is 1100 g/mol. The summed E-state index contributed by atoms with van der Waals surface area (Å²) in [7, 11) is 0. The third-order valence-corrected chi connectivity index (χ3v) is 15.1. The van der Waals surface area contributed by atoms with E-state index in [1.54, 1.807) is 6.08 Å². The Morgan fingerprint density at radius 3 is 1.35 bits per heavy atom. The zero-order valence-electron chi connectivity index (χ0n) is 50.1. The first-order chi connectivity index (χ1) is 38.2. The van der Waals surface area contributed by atoms with Gasteiger partial charge in [0.2, 0.25) is 5.91 Å². The molecule has 0 aromatic heterocycles. The zero-order valence-corrected chi connectivity index (χ0v) is 50.1. The van der Waals surface area contributed by atoms with Gasteiger partial charge in [-0.1, -0.05) is 235 Å². The molecule has 1 amide bonds. The molecule has 0 saturated carbocycles. The highest BCUT2D eigenvalue weighted by Gasteiger charge is 2.44. The lowest BCUT2D eigenvalue weighted by Gasteiger charge is -2.40. The minimum Gasteiger partial charge on any atom is -0.466 e. The van der Waals surface area contributed by atoms with Gasteiger partial charge < -0.3 is 45.1 Å². The molecule has 0 aromatic carbocycles. The number of ether oxygens (including phenoxy) is 3. The molecule has 7 unspecified atom stereocenters. The van der Waals surface area contributed by atoms with Gasteiger partial charge in [0.15, 0.2) is 6.29 Å². The lowest BCUT2D eigenvalue weighted by atomic mass is 9.99. The van der Waals surface area contributed by atoms with Gasteiger partial charge in [-0.2, -0.15) is 0 Å². The van der Waals surface area contributed by atoms with Crippen LogP contribution in [0.4, 0.5) is 0 Å². The Balaban J connectivity index is 1.97. The number of esters is 1. The number of amides is 1. The summed E-state index contributed by atoms with van der Waals surface area (Å²) < 4.78 is 16.7. The molecule has 11 nitrogen and oxygen atoms in total. The Kier molecular flexibility index (Phi) is 52.9. The Labute approximate surface area is 478 Å². The Hall–Kier alpha value is -2.64. The first kappa shape index (κ1) is 73.4. The van der Waals surface area contributed by atoms with Gasteiger partial charge in [0.1, 0.15) is 24.4 Å². The minimum absolute atomic E-state index is 0.00427. The zero-order chi connectivity index (χ0) is 56.6. The normalized spacial score (nSPS) is 18.9. The fourth-order valence-electron chi connectivity index (χ4n) is 9.99. The summed E-state index contributed by atoms with van der Waals surface area (Å²) in [6.45, 7) is 4.08. The Bertz CT molecular complexity index is 1480. The molecular weight excluding hydrogens is 979 g/mol. The van der Waals surface area contributed by atoms with Crippen molar-refractivity contribution in [1.82, 2.24) is 5.32 Å². The summed E-state index contributed by atoms with van der Waals surface area (Å²) in [6.07, 6.45) is 63.7. The lowest BCUT2D eigenvalue weighted by Crippen LogP contribution is -2.60. The standard InChI is InChI=1S/C67H121NO10/c1-3-5-7-9-11-13-14-15-16-17-22-26-29-32-35-39-43-47-51-55-63(72)76-56-52-48-44-40-36-33-30-27-24-21-19-18-20-23-25-28-31-34-38-42-46-50-54-62(71)68-59(60(70)53-49-45-41-37-12-10-8-6-4-2)58-77-67-66(75)65(74)64(73)61(57-69)78-67/h4,6,12,15-16,20,23,37,49,53,59-61,64-67,69-70,73-75H,3,5,7-11,13-14,17-19,21-22,24-36,38-48,50-52,54-58H2,1-2H3,(H,68,71)/b6-4+,16-15-,23-20-,37-12+,53-49+. The van der Waals surface area contributed by atoms with Crippen LogP contribution in [0.5, 0.6) is 0 Å². The third-order valence-electron chi connectivity index (χ3n) is 15.1. The number of allylic oxidation sites excluding steroid dienone is 9. The maximum Gasteiger partial charge on any atom is 0.305 e. The molecule has 0 spiro atoms. The van der Waals surface area contributed by atoms with Gasteiger partial charge in [0, 0.05) is 12.8 Å². The van der Waals surface area contributed by atoms with Crippen molar-refractivity contribution in [1.29, 1.82) is 0 Å². The molecule has 1 saturated heterocycles. The van der Waals surface area contributed by atoms with Gasteiger partial charge in [-0.3, -0.25) is 9.59 Å².